The van der Waals surface area contributed by atoms with Crippen LogP contribution in [0.2, 0.25) is 0 Å². The van der Waals surface area contributed by atoms with Crippen LogP contribution in [-0.4, -0.2) is 15.7 Å². The maximum Gasteiger partial charge on any atom is 0.238 e. The van der Waals surface area contributed by atoms with Gasteiger partial charge in [0.15, 0.2) is 0 Å². The zero-order valence-electron chi connectivity index (χ0n) is 11.6. The number of hydrogen-bond acceptors (Lipinski definition) is 4. The minimum atomic E-state index is -0.183. The van der Waals surface area contributed by atoms with Gasteiger partial charge in [-0.15, -0.1) is 11.8 Å². The fourth-order valence-corrected chi connectivity index (χ4v) is 2.86. The molecule has 0 radical (unpaired) electrons. The Morgan fingerprint density at radius 2 is 2.00 bits per heavy atom. The maximum absolute atomic E-state index is 11.2. The van der Waals surface area contributed by atoms with E-state index in [1.54, 1.807) is 11.8 Å². The number of hydrazine groups is 1. The predicted molar refractivity (Wildman–Crippen MR) is 80.0 cm³/mol. The molecule has 1 amide bonds. The van der Waals surface area contributed by atoms with Crippen molar-refractivity contribution >= 4 is 17.7 Å². The van der Waals surface area contributed by atoms with Gasteiger partial charge >= 0.3 is 0 Å². The van der Waals surface area contributed by atoms with Gasteiger partial charge in [0.05, 0.1) is 17.1 Å². The lowest BCUT2D eigenvalue weighted by atomic mass is 10.1. The van der Waals surface area contributed by atoms with Crippen molar-refractivity contribution in [3.8, 4) is 0 Å². The van der Waals surface area contributed by atoms with Gasteiger partial charge < -0.3 is 0 Å². The molecule has 1 heterocycles. The van der Waals surface area contributed by atoms with Gasteiger partial charge in [-0.2, -0.15) is 5.10 Å². The maximum atomic E-state index is 11.2. The summed E-state index contributed by atoms with van der Waals surface area (Å²) >= 11 is 1.75. The molecule has 106 valence electrons. The molecule has 1 aromatic heterocycles. The molecule has 20 heavy (non-hydrogen) atoms. The van der Waals surface area contributed by atoms with Crippen molar-refractivity contribution in [2.24, 2.45) is 12.9 Å². The Morgan fingerprint density at radius 3 is 2.55 bits per heavy atom. The van der Waals surface area contributed by atoms with Crippen molar-refractivity contribution in [1.82, 2.24) is 15.2 Å². The molecule has 0 saturated heterocycles. The molecule has 0 aliphatic heterocycles. The van der Waals surface area contributed by atoms with Crippen LogP contribution in [-0.2, 0) is 24.0 Å². The van der Waals surface area contributed by atoms with E-state index in [0.29, 0.717) is 6.42 Å². The molecule has 0 spiro atoms. The fraction of sp³-hybridized carbons (Fsp3) is 0.286. The Bertz CT molecular complexity index is 592. The Hall–Kier alpha value is -1.79. The normalized spacial score (nSPS) is 10.6. The van der Waals surface area contributed by atoms with Crippen molar-refractivity contribution < 1.29 is 4.79 Å². The number of carbonyl (C=O) groups excluding carboxylic acids is 1. The fourth-order valence-electron chi connectivity index (χ4n) is 1.87. The van der Waals surface area contributed by atoms with Gasteiger partial charge in [-0.25, -0.2) is 5.84 Å². The van der Waals surface area contributed by atoms with Crippen LogP contribution in [0.4, 0.5) is 0 Å². The summed E-state index contributed by atoms with van der Waals surface area (Å²) in [7, 11) is 1.95. The summed E-state index contributed by atoms with van der Waals surface area (Å²) in [6.07, 6.45) is 0.310. The molecule has 0 atom stereocenters. The smallest absolute Gasteiger partial charge is 0.238 e. The van der Waals surface area contributed by atoms with Gasteiger partial charge in [0.2, 0.25) is 5.91 Å². The molecule has 0 bridgehead atoms. The number of amides is 1. The summed E-state index contributed by atoms with van der Waals surface area (Å²) in [5.41, 5.74) is 5.33. The average Bonchev–Trinajstić information content (AvgIpc) is 2.76. The van der Waals surface area contributed by atoms with Crippen LogP contribution >= 0.6 is 11.8 Å². The lowest BCUT2D eigenvalue weighted by Gasteiger charge is -2.04. The van der Waals surface area contributed by atoms with E-state index in [-0.39, 0.29) is 5.91 Å². The monoisotopic (exact) mass is 290 g/mol. The molecule has 0 aliphatic rings. The minimum absolute atomic E-state index is 0.183. The second-order valence-electron chi connectivity index (χ2n) is 4.60. The quantitative estimate of drug-likeness (QED) is 0.379. The van der Waals surface area contributed by atoms with E-state index in [2.05, 4.69) is 16.6 Å². The third-order valence-electron chi connectivity index (χ3n) is 2.89. The summed E-state index contributed by atoms with van der Waals surface area (Å²) in [4.78, 5) is 11.2. The molecule has 0 unspecified atom stereocenters. The second kappa shape index (κ2) is 6.58. The Labute approximate surface area is 122 Å². The molecule has 0 saturated carbocycles. The third-order valence-corrected chi connectivity index (χ3v) is 4.05. The lowest BCUT2D eigenvalue weighted by molar-refractivity contribution is -0.120. The zero-order valence-corrected chi connectivity index (χ0v) is 12.4. The molecular weight excluding hydrogens is 272 g/mol. The highest BCUT2D eigenvalue weighted by Gasteiger charge is 2.04. The number of rotatable bonds is 5. The Balaban J connectivity index is 1.94. The van der Waals surface area contributed by atoms with Crippen LogP contribution in [0.1, 0.15) is 16.8 Å². The molecule has 5 nitrogen and oxygen atoms in total. The molecule has 0 fully saturated rings. The van der Waals surface area contributed by atoms with Crippen LogP contribution in [0.3, 0.4) is 0 Å². The molecule has 0 aliphatic carbocycles. The summed E-state index contributed by atoms with van der Waals surface area (Å²) < 4.78 is 1.89. The van der Waals surface area contributed by atoms with E-state index in [1.807, 2.05) is 42.9 Å². The molecule has 3 N–H and O–H groups in total. The Kier molecular flexibility index (Phi) is 4.81. The minimum Gasteiger partial charge on any atom is -0.294 e. The summed E-state index contributed by atoms with van der Waals surface area (Å²) in [5.74, 6) is 5.76. The standard InChI is InChI=1S/C14H18N4OS/c1-10-7-14(18(2)17-10)20-9-12-5-3-11(4-6-12)8-13(19)16-15/h3-7H,8-9,15H2,1-2H3,(H,16,19). The zero-order chi connectivity index (χ0) is 14.5. The molecule has 2 rings (SSSR count). The summed E-state index contributed by atoms with van der Waals surface area (Å²) in [5, 5.41) is 5.47. The first-order chi connectivity index (χ1) is 9.58. The van der Waals surface area contributed by atoms with Crippen LogP contribution in [0.5, 0.6) is 0 Å². The molecule has 2 aromatic rings. The number of hydrogen-bond donors (Lipinski definition) is 2. The van der Waals surface area contributed by atoms with Crippen LogP contribution in [0.15, 0.2) is 35.4 Å². The number of thioether (sulfide) groups is 1. The van der Waals surface area contributed by atoms with Crippen LogP contribution < -0.4 is 11.3 Å². The van der Waals surface area contributed by atoms with Crippen molar-refractivity contribution in [3.05, 3.63) is 47.2 Å². The van der Waals surface area contributed by atoms with Crippen molar-refractivity contribution in [2.75, 3.05) is 0 Å². The number of nitrogens with one attached hydrogen (secondary N) is 1. The number of benzene rings is 1. The van der Waals surface area contributed by atoms with Gasteiger partial charge in [0.25, 0.3) is 0 Å². The average molecular weight is 290 g/mol. The topological polar surface area (TPSA) is 72.9 Å². The van der Waals surface area contributed by atoms with Crippen molar-refractivity contribution in [3.63, 3.8) is 0 Å². The summed E-state index contributed by atoms with van der Waals surface area (Å²) in [6, 6.07) is 10.1. The number of aryl methyl sites for hydroxylation is 2. The SMILES string of the molecule is Cc1cc(SCc2ccc(CC(=O)NN)cc2)n(C)n1. The third kappa shape index (κ3) is 3.85. The van der Waals surface area contributed by atoms with Gasteiger partial charge in [0, 0.05) is 12.8 Å². The van der Waals surface area contributed by atoms with E-state index in [1.165, 1.54) is 5.56 Å². The summed E-state index contributed by atoms with van der Waals surface area (Å²) in [6.45, 7) is 1.99. The van der Waals surface area contributed by atoms with E-state index in [9.17, 15) is 4.79 Å². The van der Waals surface area contributed by atoms with Gasteiger partial charge in [-0.05, 0) is 24.1 Å². The number of aromatic nitrogens is 2. The van der Waals surface area contributed by atoms with Gasteiger partial charge in [-0.1, -0.05) is 24.3 Å². The first-order valence-electron chi connectivity index (χ1n) is 6.29. The number of carbonyl (C=O) groups is 1. The second-order valence-corrected chi connectivity index (χ2v) is 5.59. The van der Waals surface area contributed by atoms with Gasteiger partial charge in [0.1, 0.15) is 0 Å². The first kappa shape index (κ1) is 14.6. The highest BCUT2D eigenvalue weighted by molar-refractivity contribution is 7.98. The highest BCUT2D eigenvalue weighted by atomic mass is 32.2. The van der Waals surface area contributed by atoms with Crippen LogP contribution in [0.25, 0.3) is 0 Å². The molecule has 6 heteroatoms. The highest BCUT2D eigenvalue weighted by Crippen LogP contribution is 2.23. The van der Waals surface area contributed by atoms with Crippen molar-refractivity contribution in [2.45, 2.75) is 24.1 Å². The van der Waals surface area contributed by atoms with Crippen LogP contribution in [0, 0.1) is 6.92 Å². The predicted octanol–water partition coefficient (Wildman–Crippen LogP) is 1.55. The van der Waals surface area contributed by atoms with Gasteiger partial charge in [-0.3, -0.25) is 14.9 Å². The van der Waals surface area contributed by atoms with E-state index in [4.69, 9.17) is 5.84 Å². The van der Waals surface area contributed by atoms with E-state index in [0.717, 1.165) is 22.0 Å². The van der Waals surface area contributed by atoms with Crippen molar-refractivity contribution in [1.29, 1.82) is 0 Å². The number of nitrogens with zero attached hydrogens (tertiary/aromatic N) is 2. The first-order valence-corrected chi connectivity index (χ1v) is 7.28. The van der Waals surface area contributed by atoms with E-state index >= 15 is 0 Å². The number of nitrogens with two attached hydrogens (primary N) is 1. The molecular formula is C14H18N4OS. The Morgan fingerprint density at radius 1 is 1.35 bits per heavy atom. The van der Waals surface area contributed by atoms with E-state index < -0.39 is 0 Å². The largest absolute Gasteiger partial charge is 0.294 e. The lowest BCUT2D eigenvalue weighted by Crippen LogP contribution is -2.31. The molecule has 1 aromatic carbocycles.